The van der Waals surface area contributed by atoms with Crippen LogP contribution in [-0.4, -0.2) is 40.5 Å². The van der Waals surface area contributed by atoms with Crippen LogP contribution in [0, 0.1) is 0 Å². The number of rotatable bonds is 10. The SMILES string of the molecule is C1=CC2c3ccccc3N(c3ccc(-c4nc(-c5ccccc5)nc(-c5ccc(-c6cccc(-c7ccc(-c8nc(-c9ccccc9)nc(-c9ccc(-n%10c%11ccccc%11c%11ccccc%11%10)cc9)n8)cc7)c6)cc5)n4)cc3)C2C=C1. The van der Waals surface area contributed by atoms with Gasteiger partial charge in [0.05, 0.1) is 17.1 Å². The number of allylic oxidation sites excluding steroid dienone is 2. The highest BCUT2D eigenvalue weighted by atomic mass is 15.2. The summed E-state index contributed by atoms with van der Waals surface area (Å²) in [5, 5.41) is 2.46. The van der Waals surface area contributed by atoms with E-state index in [9.17, 15) is 0 Å². The molecule has 80 heavy (non-hydrogen) atoms. The van der Waals surface area contributed by atoms with Gasteiger partial charge in [-0.1, -0.05) is 206 Å². The fourth-order valence-corrected chi connectivity index (χ4v) is 11.5. The number of anilines is 2. The molecule has 0 bridgehead atoms. The third-order valence-corrected chi connectivity index (χ3v) is 15.5. The zero-order chi connectivity index (χ0) is 52.9. The molecule has 1 aliphatic carbocycles. The predicted octanol–water partition coefficient (Wildman–Crippen LogP) is 17.2. The van der Waals surface area contributed by atoms with Gasteiger partial charge in [0.2, 0.25) is 0 Å². The third-order valence-electron chi connectivity index (χ3n) is 15.5. The van der Waals surface area contributed by atoms with E-state index in [4.69, 9.17) is 29.9 Å². The lowest BCUT2D eigenvalue weighted by Gasteiger charge is -2.28. The van der Waals surface area contributed by atoms with Gasteiger partial charge in [0, 0.05) is 67.1 Å². The molecular formula is C72H48N8. The predicted molar refractivity (Wildman–Crippen MR) is 324 cm³/mol. The van der Waals surface area contributed by atoms with Gasteiger partial charge in [-0.05, 0) is 101 Å². The summed E-state index contributed by atoms with van der Waals surface area (Å²) in [6.45, 7) is 0. The number of benzene rings is 10. The summed E-state index contributed by atoms with van der Waals surface area (Å²) in [5.41, 5.74) is 17.0. The third kappa shape index (κ3) is 8.43. The molecule has 2 aliphatic rings. The van der Waals surface area contributed by atoms with Gasteiger partial charge >= 0.3 is 0 Å². The Hall–Kier alpha value is -10.7. The van der Waals surface area contributed by atoms with Crippen LogP contribution in [0.4, 0.5) is 11.4 Å². The number of aromatic nitrogens is 7. The Morgan fingerprint density at radius 1 is 0.275 bits per heavy atom. The smallest absolute Gasteiger partial charge is 0.164 e. The van der Waals surface area contributed by atoms with Crippen LogP contribution in [-0.2, 0) is 0 Å². The quantitative estimate of drug-likeness (QED) is 0.135. The lowest BCUT2D eigenvalue weighted by molar-refractivity contribution is 0.745. The molecule has 2 atom stereocenters. The number of hydrogen-bond donors (Lipinski definition) is 0. The van der Waals surface area contributed by atoms with Crippen molar-refractivity contribution in [3.05, 3.63) is 285 Å². The molecule has 4 heterocycles. The molecule has 0 saturated carbocycles. The minimum absolute atomic E-state index is 0.225. The van der Waals surface area contributed by atoms with Crippen molar-refractivity contribution in [2.75, 3.05) is 4.90 Å². The van der Waals surface area contributed by atoms with E-state index in [1.54, 1.807) is 0 Å². The Morgan fingerprint density at radius 2 is 0.637 bits per heavy atom. The van der Waals surface area contributed by atoms with Crippen molar-refractivity contribution in [2.24, 2.45) is 0 Å². The van der Waals surface area contributed by atoms with Crippen molar-refractivity contribution in [1.82, 2.24) is 34.5 Å². The second-order valence-corrected chi connectivity index (χ2v) is 20.3. The zero-order valence-corrected chi connectivity index (χ0v) is 43.3. The number of fused-ring (bicyclic) bond motifs is 6. The van der Waals surface area contributed by atoms with E-state index in [2.05, 4.69) is 228 Å². The molecule has 1 aliphatic heterocycles. The highest BCUT2D eigenvalue weighted by Gasteiger charge is 2.37. The normalized spacial score (nSPS) is 14.4. The van der Waals surface area contributed by atoms with E-state index < -0.39 is 0 Å². The maximum atomic E-state index is 5.11. The Kier molecular flexibility index (Phi) is 11.5. The molecule has 0 saturated heterocycles. The second-order valence-electron chi connectivity index (χ2n) is 20.3. The van der Waals surface area contributed by atoms with Crippen LogP contribution in [0.15, 0.2) is 279 Å². The lowest BCUT2D eigenvalue weighted by Crippen LogP contribution is -2.28. The van der Waals surface area contributed by atoms with Gasteiger partial charge in [-0.3, -0.25) is 0 Å². The van der Waals surface area contributed by atoms with Gasteiger partial charge in [-0.2, -0.15) is 0 Å². The molecule has 0 fully saturated rings. The van der Waals surface area contributed by atoms with Gasteiger partial charge in [0.15, 0.2) is 34.9 Å². The van der Waals surface area contributed by atoms with Crippen LogP contribution in [0.1, 0.15) is 11.5 Å². The summed E-state index contributed by atoms with van der Waals surface area (Å²) in [6.07, 6.45) is 8.92. The molecule has 0 spiro atoms. The molecule has 0 N–H and O–H groups in total. The van der Waals surface area contributed by atoms with Crippen LogP contribution in [0.5, 0.6) is 0 Å². The van der Waals surface area contributed by atoms with Crippen molar-refractivity contribution in [2.45, 2.75) is 12.0 Å². The maximum absolute atomic E-state index is 5.11. The van der Waals surface area contributed by atoms with Gasteiger partial charge < -0.3 is 9.47 Å². The standard InChI is InChI=1S/C72H48N8/c1-3-16-49(17-4-1)67-73-69(77-71(75-67)53-38-42-57(43-39-53)79-63-26-11-7-22-59(63)60-23-8-12-27-64(60)79)51-34-30-47(31-35-51)55-20-15-21-56(46-55)48-32-36-52(37-33-48)70-74-68(50-18-5-2-6-19-50)76-72(78-70)54-40-44-58(45-41-54)80-65-28-13-9-24-61(65)62-25-10-14-29-66(62)80/h1-46,59,63H. The number of para-hydroxylation sites is 3. The Morgan fingerprint density at radius 3 is 1.12 bits per heavy atom. The molecule has 3 aromatic heterocycles. The van der Waals surface area contributed by atoms with E-state index in [1.165, 1.54) is 33.1 Å². The second kappa shape index (κ2) is 19.7. The molecule has 0 amide bonds. The number of nitrogens with zero attached hydrogens (tertiary/aromatic N) is 8. The van der Waals surface area contributed by atoms with Crippen LogP contribution in [0.25, 0.3) is 118 Å². The number of hydrogen-bond acceptors (Lipinski definition) is 7. The molecule has 0 radical (unpaired) electrons. The van der Waals surface area contributed by atoms with Gasteiger partial charge in [-0.15, -0.1) is 0 Å². The fraction of sp³-hybridized carbons (Fsp3) is 0.0278. The van der Waals surface area contributed by atoms with Gasteiger partial charge in [-0.25, -0.2) is 29.9 Å². The van der Waals surface area contributed by atoms with Crippen molar-refractivity contribution < 1.29 is 0 Å². The monoisotopic (exact) mass is 1020 g/mol. The largest absolute Gasteiger partial charge is 0.333 e. The highest BCUT2D eigenvalue weighted by Crippen LogP contribution is 2.48. The van der Waals surface area contributed by atoms with Crippen LogP contribution < -0.4 is 4.90 Å². The Labute approximate surface area is 463 Å². The summed E-state index contributed by atoms with van der Waals surface area (Å²) in [7, 11) is 0. The summed E-state index contributed by atoms with van der Waals surface area (Å²) in [5.74, 6) is 4.02. The van der Waals surface area contributed by atoms with Gasteiger partial charge in [0.25, 0.3) is 0 Å². The first-order chi connectivity index (χ1) is 39.6. The fourth-order valence-electron chi connectivity index (χ4n) is 11.5. The summed E-state index contributed by atoms with van der Waals surface area (Å²) in [4.78, 5) is 32.8. The van der Waals surface area contributed by atoms with Crippen LogP contribution in [0.2, 0.25) is 0 Å². The molecule has 10 aromatic carbocycles. The van der Waals surface area contributed by atoms with Crippen LogP contribution in [0.3, 0.4) is 0 Å². The van der Waals surface area contributed by atoms with Crippen molar-refractivity contribution >= 4 is 33.2 Å². The molecule has 13 aromatic rings. The highest BCUT2D eigenvalue weighted by molar-refractivity contribution is 6.09. The molecule has 2 unspecified atom stereocenters. The van der Waals surface area contributed by atoms with Crippen molar-refractivity contribution in [1.29, 1.82) is 0 Å². The van der Waals surface area contributed by atoms with E-state index in [-0.39, 0.29) is 6.04 Å². The molecule has 8 heteroatoms. The maximum Gasteiger partial charge on any atom is 0.164 e. The first-order valence-electron chi connectivity index (χ1n) is 27.0. The minimum Gasteiger partial charge on any atom is -0.333 e. The Balaban J connectivity index is 0.705. The van der Waals surface area contributed by atoms with Crippen molar-refractivity contribution in [3.63, 3.8) is 0 Å². The van der Waals surface area contributed by atoms with Gasteiger partial charge in [0.1, 0.15) is 0 Å². The molecule has 15 rings (SSSR count). The zero-order valence-electron chi connectivity index (χ0n) is 43.3. The minimum atomic E-state index is 0.225. The summed E-state index contributed by atoms with van der Waals surface area (Å²) in [6, 6.07) is 89.1. The van der Waals surface area contributed by atoms with Crippen LogP contribution >= 0.6 is 0 Å². The molecular weight excluding hydrogens is 977 g/mol. The first-order valence-corrected chi connectivity index (χ1v) is 27.0. The molecule has 8 nitrogen and oxygen atoms in total. The lowest BCUT2D eigenvalue weighted by atomic mass is 9.91. The van der Waals surface area contributed by atoms with E-state index in [1.807, 2.05) is 60.7 Å². The Bertz CT molecular complexity index is 4460. The average molecular weight is 1030 g/mol. The van der Waals surface area contributed by atoms with Crippen molar-refractivity contribution in [3.8, 4) is 96.3 Å². The topological polar surface area (TPSA) is 85.5 Å². The van der Waals surface area contributed by atoms with E-state index in [0.29, 0.717) is 40.9 Å². The average Bonchev–Trinajstić information content (AvgIpc) is 4.10. The summed E-state index contributed by atoms with van der Waals surface area (Å²) >= 11 is 0. The van der Waals surface area contributed by atoms with E-state index >= 15 is 0 Å². The summed E-state index contributed by atoms with van der Waals surface area (Å²) < 4.78 is 2.32. The first kappa shape index (κ1) is 46.6. The molecule has 376 valence electrons. The van der Waals surface area contributed by atoms with E-state index in [0.717, 1.165) is 67.0 Å².